The molecule has 8 heterocycles. The SMILES string of the molecule is C.C.C[C@@H]1CN(Cc2cccs2)[C@@H](C)CN1C(=O)c1cc2c(C(=O)C(=O)N3CCCC3)c[nH]c2cc1Cl.C[C@@H]1CN(Cc2cccs2)[C@@H](C)CN1C(=O)c1cc2c(C(=O)C(=O)N3CCCC3)cn(N)c2cc1Cl.NOP(=O)(c1ccccc1)c1ccccc1. The summed E-state index contributed by atoms with van der Waals surface area (Å²) in [7, 11) is -3.13. The lowest BCUT2D eigenvalue weighted by atomic mass is 10.0. The number of H-pyrrole nitrogens is 1. The van der Waals surface area contributed by atoms with Crippen molar-refractivity contribution in [3.63, 3.8) is 0 Å². The molecule has 4 aromatic carbocycles. The van der Waals surface area contributed by atoms with E-state index in [0.29, 0.717) is 87.8 Å². The molecule has 4 aliphatic rings. The van der Waals surface area contributed by atoms with Gasteiger partial charge in [-0.05, 0) is 125 Å². The van der Waals surface area contributed by atoms with E-state index in [4.69, 9.17) is 39.6 Å². The van der Waals surface area contributed by atoms with Crippen LogP contribution >= 0.6 is 53.2 Å². The van der Waals surface area contributed by atoms with Gasteiger partial charge in [0, 0.05) is 139 Å². The maximum atomic E-state index is 13.7. The molecule has 4 saturated heterocycles. The molecule has 4 atom stereocenters. The lowest BCUT2D eigenvalue weighted by Crippen LogP contribution is -2.57. The van der Waals surface area contributed by atoms with Gasteiger partial charge in [0.15, 0.2) is 0 Å². The first kappa shape index (κ1) is 68.0. The molecular weight excluding hydrogens is 1230 g/mol. The highest BCUT2D eigenvalue weighted by Crippen LogP contribution is 2.42. The van der Waals surface area contributed by atoms with Crippen molar-refractivity contribution in [2.75, 3.05) is 58.2 Å². The first-order valence-electron chi connectivity index (χ1n) is 29.2. The number of nitrogens with two attached hydrogens (primary N) is 2. The Morgan fingerprint density at radius 2 is 1.01 bits per heavy atom. The number of likely N-dealkylation sites (tertiary alicyclic amines) is 2. The molecule has 4 fully saturated rings. The predicted molar refractivity (Wildman–Crippen MR) is 359 cm³/mol. The largest absolute Gasteiger partial charge is 0.360 e. The van der Waals surface area contributed by atoms with Gasteiger partial charge in [-0.3, -0.25) is 47.8 Å². The quantitative estimate of drug-likeness (QED) is 0.0323. The van der Waals surface area contributed by atoms with E-state index in [1.165, 1.54) is 20.6 Å². The van der Waals surface area contributed by atoms with E-state index in [2.05, 4.69) is 70.6 Å². The summed E-state index contributed by atoms with van der Waals surface area (Å²) >= 11 is 16.6. The highest BCUT2D eigenvalue weighted by Gasteiger charge is 2.37. The van der Waals surface area contributed by atoms with E-state index in [-0.39, 0.29) is 67.0 Å². The summed E-state index contributed by atoms with van der Waals surface area (Å²) in [6, 6.07) is 33.2. The maximum absolute atomic E-state index is 13.7. The van der Waals surface area contributed by atoms with E-state index in [1.807, 2.05) is 53.1 Å². The average molecular weight is 1310 g/mol. The van der Waals surface area contributed by atoms with Crippen LogP contribution in [-0.4, -0.2) is 151 Å². The number of piperazine rings is 2. The number of aromatic nitrogens is 2. The van der Waals surface area contributed by atoms with E-state index in [9.17, 15) is 33.3 Å². The molecule has 472 valence electrons. The smallest absolute Gasteiger partial charge is 0.295 e. The van der Waals surface area contributed by atoms with Crippen LogP contribution in [0.5, 0.6) is 0 Å². The Hall–Kier alpha value is -6.97. The molecule has 0 unspecified atom stereocenters. The average Bonchev–Trinajstić information content (AvgIpc) is 1.83. The molecule has 0 spiro atoms. The second-order valence-electron chi connectivity index (χ2n) is 22.7. The number of nitrogens with one attached hydrogen (secondary N) is 1. The van der Waals surface area contributed by atoms with Crippen molar-refractivity contribution in [3.05, 3.63) is 174 Å². The first-order chi connectivity index (χ1) is 41.8. The van der Waals surface area contributed by atoms with Crippen LogP contribution in [0.1, 0.15) is 119 Å². The molecule has 5 N–H and O–H groups in total. The Balaban J connectivity index is 0.000000182. The number of benzene rings is 4. The summed E-state index contributed by atoms with van der Waals surface area (Å²) in [5, 5.41) is 6.96. The number of aromatic amines is 1. The number of ketones is 2. The third-order valence-electron chi connectivity index (χ3n) is 16.8. The molecule has 0 radical (unpaired) electrons. The normalized spacial score (nSPS) is 18.8. The van der Waals surface area contributed by atoms with Gasteiger partial charge in [-0.1, -0.05) is 86.6 Å². The summed E-state index contributed by atoms with van der Waals surface area (Å²) in [5.41, 5.74) is 2.26. The van der Waals surface area contributed by atoms with Gasteiger partial charge in [0.1, 0.15) is 0 Å². The molecule has 8 aromatic rings. The van der Waals surface area contributed by atoms with Gasteiger partial charge >= 0.3 is 0 Å². The van der Waals surface area contributed by atoms with E-state index in [1.54, 1.807) is 87.2 Å². The zero-order chi connectivity index (χ0) is 61.7. The minimum Gasteiger partial charge on any atom is -0.360 e. The van der Waals surface area contributed by atoms with Crippen molar-refractivity contribution >= 4 is 121 Å². The Kier molecular flexibility index (Phi) is 22.7. The van der Waals surface area contributed by atoms with Crippen LogP contribution < -0.4 is 22.3 Å². The number of rotatable bonds is 13. The zero-order valence-electron chi connectivity index (χ0n) is 49.0. The third-order valence-corrected chi connectivity index (χ3v) is 21.4. The van der Waals surface area contributed by atoms with Crippen molar-refractivity contribution in [2.45, 2.75) is 105 Å². The van der Waals surface area contributed by atoms with Crippen LogP contribution in [0.25, 0.3) is 21.8 Å². The molecular formula is C66H79Cl2N10O8PS2. The molecule has 0 aliphatic carbocycles. The highest BCUT2D eigenvalue weighted by atomic mass is 35.5. The second kappa shape index (κ2) is 29.8. The van der Waals surface area contributed by atoms with Crippen molar-refractivity contribution in [1.82, 2.24) is 39.1 Å². The van der Waals surface area contributed by atoms with Gasteiger partial charge in [-0.15, -0.1) is 22.7 Å². The molecule has 23 heteroatoms. The molecule has 0 saturated carbocycles. The van der Waals surface area contributed by atoms with Crippen molar-refractivity contribution < 1.29 is 38.0 Å². The highest BCUT2D eigenvalue weighted by molar-refractivity contribution is 7.74. The molecule has 0 bridgehead atoms. The van der Waals surface area contributed by atoms with E-state index >= 15 is 0 Å². The number of halogens is 2. The fraction of sp³-hybridized carbons (Fsp3) is 0.364. The fourth-order valence-electron chi connectivity index (χ4n) is 11.9. The third kappa shape index (κ3) is 14.8. The summed E-state index contributed by atoms with van der Waals surface area (Å²) in [6.07, 6.45) is 6.60. The number of hydrogen-bond acceptors (Lipinski definition) is 14. The van der Waals surface area contributed by atoms with Gasteiger partial charge in [0.25, 0.3) is 42.6 Å². The van der Waals surface area contributed by atoms with Crippen molar-refractivity contribution in [2.24, 2.45) is 5.90 Å². The van der Waals surface area contributed by atoms with Gasteiger partial charge < -0.3 is 30.4 Å². The Morgan fingerprint density at radius 3 is 1.45 bits per heavy atom. The molecule has 18 nitrogen and oxygen atoms in total. The lowest BCUT2D eigenvalue weighted by molar-refractivity contribution is -0.126. The number of carbonyl (C=O) groups is 6. The Labute approximate surface area is 538 Å². The maximum Gasteiger partial charge on any atom is 0.295 e. The van der Waals surface area contributed by atoms with Gasteiger partial charge in [-0.2, -0.15) is 0 Å². The molecule has 4 aliphatic heterocycles. The van der Waals surface area contributed by atoms with Crippen LogP contribution in [-0.2, 0) is 31.9 Å². The number of amides is 4. The van der Waals surface area contributed by atoms with Crippen molar-refractivity contribution in [3.8, 4) is 0 Å². The van der Waals surface area contributed by atoms with Crippen molar-refractivity contribution in [1.29, 1.82) is 0 Å². The monoisotopic (exact) mass is 1300 g/mol. The number of fused-ring (bicyclic) bond motifs is 2. The van der Waals surface area contributed by atoms with Crippen LogP contribution in [0.4, 0.5) is 0 Å². The molecule has 12 rings (SSSR count). The minimum atomic E-state index is -3.13. The van der Waals surface area contributed by atoms with Crippen LogP contribution in [0.3, 0.4) is 0 Å². The summed E-state index contributed by atoms with van der Waals surface area (Å²) in [5.74, 6) is 8.77. The molecule has 4 aromatic heterocycles. The number of Topliss-reactive ketones (excluding diaryl/α,β-unsaturated/α-hetero) is 2. The second-order valence-corrected chi connectivity index (χ2v) is 27.9. The predicted octanol–water partition coefficient (Wildman–Crippen LogP) is 11.1. The number of nitrogens with zero attached hydrogens (tertiary/aromatic N) is 7. The van der Waals surface area contributed by atoms with Crippen LogP contribution in [0.15, 0.2) is 132 Å². The Morgan fingerprint density at radius 1 is 0.573 bits per heavy atom. The zero-order valence-corrected chi connectivity index (χ0v) is 53.0. The van der Waals surface area contributed by atoms with Gasteiger partial charge in [0.05, 0.1) is 37.8 Å². The number of carbonyl (C=O) groups excluding carboxylic acids is 6. The standard InChI is InChI=1S/C26H30ClN5O3S.C26H29ClN4O3S.C12H12NO2P.2CH4/c1-16-13-31(17(2)12-30(16)14-18-6-5-9-36-18)25(34)20-10-19-21(15-32(28)23(19)11-22(20)27)24(33)26(35)29-7-3-4-8-29;1-16-14-31(17(2)13-30(16)15-18-6-5-9-35-18)25(33)20-10-19-21(12-28-23(19)11-22(20)27)24(32)26(34)29-7-3-4-8-29;13-15-16(14,11-7-3-1-4-8-11)12-9-5-2-6-10-12;;/h5-6,9-11,15-17H,3-4,7-8,12-14,28H2,1-2H3;5-6,9-12,16-17,28H,3-4,7-8,13-15H2,1-2H3;1-10H,13H2;2*1H4/t2*16-,17+;;;/m00.../s1. The molecule has 4 amide bonds. The van der Waals surface area contributed by atoms with Crippen LogP contribution in [0, 0.1) is 0 Å². The summed E-state index contributed by atoms with van der Waals surface area (Å²) in [6.45, 7) is 15.1. The fourth-order valence-corrected chi connectivity index (χ4v) is 15.5. The van der Waals surface area contributed by atoms with Crippen LogP contribution in [0.2, 0.25) is 10.0 Å². The van der Waals surface area contributed by atoms with E-state index < -0.39 is 30.7 Å². The Bertz CT molecular complexity index is 3790. The van der Waals surface area contributed by atoms with E-state index in [0.717, 1.165) is 51.9 Å². The molecule has 89 heavy (non-hydrogen) atoms. The van der Waals surface area contributed by atoms with Gasteiger partial charge in [-0.25, -0.2) is 10.5 Å². The summed E-state index contributed by atoms with van der Waals surface area (Å²) in [4.78, 5) is 96.2. The number of thiophene rings is 2. The minimum absolute atomic E-state index is 0. The topological polar surface area (TPSA) is 221 Å². The number of hydrogen-bond donors (Lipinski definition) is 3. The van der Waals surface area contributed by atoms with Gasteiger partial charge in [0.2, 0.25) is 0 Å². The summed E-state index contributed by atoms with van der Waals surface area (Å²) < 4.78 is 18.7. The lowest BCUT2D eigenvalue weighted by Gasteiger charge is -2.44. The number of nitrogen functional groups attached to an aromatic ring is 1. The first-order valence-corrected chi connectivity index (χ1v) is 33.3.